The van der Waals surface area contributed by atoms with E-state index in [0.29, 0.717) is 0 Å². The Morgan fingerprint density at radius 1 is 1.59 bits per heavy atom. The number of methoxy groups -OCH3 is 1. The second-order valence-electron chi connectivity index (χ2n) is 3.21. The van der Waals surface area contributed by atoms with Gasteiger partial charge in [-0.05, 0) is 0 Å². The van der Waals surface area contributed by atoms with E-state index in [2.05, 4.69) is 9.72 Å². The molecule has 0 radical (unpaired) electrons. The van der Waals surface area contributed by atoms with Crippen LogP contribution in [0.15, 0.2) is 6.20 Å². The number of nitrogens with two attached hydrogens (primary N) is 1. The Morgan fingerprint density at radius 3 is 2.71 bits per heavy atom. The number of aromatic nitrogens is 1. The summed E-state index contributed by atoms with van der Waals surface area (Å²) in [6.45, 7) is -0.233. The van der Waals surface area contributed by atoms with Crippen molar-refractivity contribution in [3.8, 4) is 0 Å². The van der Waals surface area contributed by atoms with E-state index in [1.807, 2.05) is 0 Å². The van der Waals surface area contributed by atoms with Crippen molar-refractivity contribution < 1.29 is 22.7 Å². The molecular weight excluding hydrogens is 237 g/mol. The van der Waals surface area contributed by atoms with Gasteiger partial charge >= 0.3 is 5.97 Å². The van der Waals surface area contributed by atoms with E-state index in [1.165, 1.54) is 0 Å². The van der Waals surface area contributed by atoms with Crippen molar-refractivity contribution in [2.75, 3.05) is 7.11 Å². The molecule has 7 heteroatoms. The highest BCUT2D eigenvalue weighted by Crippen LogP contribution is 2.26. The summed E-state index contributed by atoms with van der Waals surface area (Å²) in [4.78, 5) is 14.5. The van der Waals surface area contributed by atoms with Gasteiger partial charge in [-0.3, -0.25) is 9.78 Å². The van der Waals surface area contributed by atoms with Crippen LogP contribution in [0.1, 0.15) is 23.2 Å². The Balaban J connectivity index is 3.24. The van der Waals surface area contributed by atoms with Gasteiger partial charge in [-0.1, -0.05) is 0 Å². The topological polar surface area (TPSA) is 65.2 Å². The maximum Gasteiger partial charge on any atom is 0.310 e. The Morgan fingerprint density at radius 2 is 2.24 bits per heavy atom. The van der Waals surface area contributed by atoms with Crippen molar-refractivity contribution in [2.24, 2.45) is 5.73 Å². The van der Waals surface area contributed by atoms with Gasteiger partial charge in [-0.2, -0.15) is 0 Å². The fraction of sp³-hybridized carbons (Fsp3) is 0.400. The zero-order chi connectivity index (χ0) is 13.0. The third kappa shape index (κ3) is 2.94. The van der Waals surface area contributed by atoms with Gasteiger partial charge in [0.25, 0.3) is 6.43 Å². The average Bonchev–Trinajstić information content (AvgIpc) is 2.30. The molecule has 0 unspecified atom stereocenters. The van der Waals surface area contributed by atoms with E-state index in [4.69, 9.17) is 5.73 Å². The van der Waals surface area contributed by atoms with Crippen LogP contribution in [0, 0.1) is 5.82 Å². The molecule has 1 rings (SSSR count). The summed E-state index contributed by atoms with van der Waals surface area (Å²) in [5.74, 6) is -1.78. The number of esters is 1. The molecule has 0 aliphatic rings. The van der Waals surface area contributed by atoms with Crippen molar-refractivity contribution >= 4 is 5.97 Å². The van der Waals surface area contributed by atoms with Crippen LogP contribution < -0.4 is 5.73 Å². The molecule has 1 aromatic rings. The van der Waals surface area contributed by atoms with Gasteiger partial charge in [0.05, 0.1) is 19.2 Å². The van der Waals surface area contributed by atoms with Crippen LogP contribution in [0.3, 0.4) is 0 Å². The molecule has 1 aromatic heterocycles. The fourth-order valence-electron chi connectivity index (χ4n) is 1.31. The maximum absolute atomic E-state index is 13.7. The molecule has 0 fully saturated rings. The molecule has 0 aliphatic heterocycles. The van der Waals surface area contributed by atoms with Gasteiger partial charge in [0.2, 0.25) is 0 Å². The van der Waals surface area contributed by atoms with Gasteiger partial charge in [0.15, 0.2) is 0 Å². The molecule has 2 N–H and O–H groups in total. The van der Waals surface area contributed by atoms with Crippen LogP contribution in [-0.2, 0) is 22.5 Å². The number of halogens is 3. The lowest BCUT2D eigenvalue weighted by atomic mass is 10.1. The van der Waals surface area contributed by atoms with Crippen LogP contribution in [-0.4, -0.2) is 18.1 Å². The summed E-state index contributed by atoms with van der Waals surface area (Å²) < 4.78 is 43.2. The molecular formula is C10H11F3N2O2. The largest absolute Gasteiger partial charge is 0.469 e. The van der Waals surface area contributed by atoms with Crippen LogP contribution in [0.4, 0.5) is 13.2 Å². The van der Waals surface area contributed by atoms with E-state index < -0.39 is 35.8 Å². The van der Waals surface area contributed by atoms with E-state index in [1.54, 1.807) is 0 Å². The summed E-state index contributed by atoms with van der Waals surface area (Å²) in [7, 11) is 1.09. The van der Waals surface area contributed by atoms with Crippen molar-refractivity contribution in [3.63, 3.8) is 0 Å². The predicted octanol–water partition coefficient (Wildman–Crippen LogP) is 1.33. The number of carbonyl (C=O) groups is 1. The smallest absolute Gasteiger partial charge is 0.310 e. The molecule has 0 spiro atoms. The number of ether oxygens (including phenoxy) is 1. The molecule has 0 amide bonds. The molecule has 0 saturated heterocycles. The Bertz CT molecular complexity index is 424. The highest BCUT2D eigenvalue weighted by molar-refractivity contribution is 5.73. The third-order valence-electron chi connectivity index (χ3n) is 2.20. The lowest BCUT2D eigenvalue weighted by Crippen LogP contribution is -2.13. The summed E-state index contributed by atoms with van der Waals surface area (Å²) in [5, 5.41) is 0. The molecule has 0 saturated carbocycles. The summed E-state index contributed by atoms with van der Waals surface area (Å²) in [6, 6.07) is 0. The van der Waals surface area contributed by atoms with E-state index >= 15 is 0 Å². The molecule has 4 nitrogen and oxygen atoms in total. The molecule has 0 aliphatic carbocycles. The molecule has 94 valence electrons. The van der Waals surface area contributed by atoms with E-state index in [0.717, 1.165) is 13.3 Å². The van der Waals surface area contributed by atoms with Crippen LogP contribution in [0.2, 0.25) is 0 Å². The first-order chi connectivity index (χ1) is 8.01. The standard InChI is InChI=1S/C10H11F3N2O2/c1-17-8(16)2-5-6(10(12)13)4-15-7(3-14)9(5)11/h4,10H,2-3,14H2,1H3. The SMILES string of the molecule is COC(=O)Cc1c(C(F)F)cnc(CN)c1F. The lowest BCUT2D eigenvalue weighted by Gasteiger charge is -2.11. The second kappa shape index (κ2) is 5.62. The summed E-state index contributed by atoms with van der Waals surface area (Å²) in [5.41, 5.74) is 4.01. The number of alkyl halides is 2. The predicted molar refractivity (Wildman–Crippen MR) is 52.8 cm³/mol. The van der Waals surface area contributed by atoms with Crippen LogP contribution in [0.25, 0.3) is 0 Å². The number of nitrogens with zero attached hydrogens (tertiary/aromatic N) is 1. The number of rotatable bonds is 4. The second-order valence-corrected chi connectivity index (χ2v) is 3.21. The Hall–Kier alpha value is -1.63. The summed E-state index contributed by atoms with van der Waals surface area (Å²) in [6.07, 6.45) is -2.66. The average molecular weight is 248 g/mol. The minimum atomic E-state index is -2.91. The first-order valence-electron chi connectivity index (χ1n) is 4.72. The zero-order valence-electron chi connectivity index (χ0n) is 9.04. The minimum Gasteiger partial charge on any atom is -0.469 e. The maximum atomic E-state index is 13.7. The fourth-order valence-corrected chi connectivity index (χ4v) is 1.31. The minimum absolute atomic E-state index is 0.159. The molecule has 0 atom stereocenters. The number of carbonyl (C=O) groups excluding carboxylic acids is 1. The first-order valence-corrected chi connectivity index (χ1v) is 4.72. The lowest BCUT2D eigenvalue weighted by molar-refractivity contribution is -0.139. The van der Waals surface area contributed by atoms with Crippen molar-refractivity contribution in [2.45, 2.75) is 19.4 Å². The monoisotopic (exact) mass is 248 g/mol. The van der Waals surface area contributed by atoms with Crippen molar-refractivity contribution in [1.29, 1.82) is 0 Å². The van der Waals surface area contributed by atoms with Gasteiger partial charge in [-0.15, -0.1) is 0 Å². The molecule has 1 heterocycles. The number of hydrogen-bond donors (Lipinski definition) is 1. The van der Waals surface area contributed by atoms with Crippen molar-refractivity contribution in [1.82, 2.24) is 4.98 Å². The van der Waals surface area contributed by atoms with E-state index in [9.17, 15) is 18.0 Å². The number of pyridine rings is 1. The molecule has 0 aromatic carbocycles. The van der Waals surface area contributed by atoms with Gasteiger partial charge < -0.3 is 10.5 Å². The van der Waals surface area contributed by atoms with Crippen LogP contribution >= 0.6 is 0 Å². The van der Waals surface area contributed by atoms with E-state index in [-0.39, 0.29) is 12.2 Å². The summed E-state index contributed by atoms with van der Waals surface area (Å²) >= 11 is 0. The quantitative estimate of drug-likeness (QED) is 0.816. The molecule has 0 bridgehead atoms. The van der Waals surface area contributed by atoms with Gasteiger partial charge in [0.1, 0.15) is 5.82 Å². The first kappa shape index (κ1) is 13.4. The highest BCUT2D eigenvalue weighted by atomic mass is 19.3. The normalized spacial score (nSPS) is 10.7. The zero-order valence-corrected chi connectivity index (χ0v) is 9.04. The van der Waals surface area contributed by atoms with Gasteiger partial charge in [-0.25, -0.2) is 13.2 Å². The Labute approximate surface area is 95.6 Å². The third-order valence-corrected chi connectivity index (χ3v) is 2.20. The highest BCUT2D eigenvalue weighted by Gasteiger charge is 2.22. The molecule has 17 heavy (non-hydrogen) atoms. The van der Waals surface area contributed by atoms with Crippen LogP contribution in [0.5, 0.6) is 0 Å². The Kier molecular flexibility index (Phi) is 4.45. The number of hydrogen-bond acceptors (Lipinski definition) is 4. The van der Waals surface area contributed by atoms with Crippen molar-refractivity contribution in [3.05, 3.63) is 28.8 Å². The van der Waals surface area contributed by atoms with Gasteiger partial charge in [0, 0.05) is 23.9 Å².